The van der Waals surface area contributed by atoms with Crippen molar-refractivity contribution in [2.24, 2.45) is 0 Å². The molecule has 0 saturated heterocycles. The number of carbonyl (C=O) groups is 1. The lowest BCUT2D eigenvalue weighted by atomic mass is 9.91. The maximum absolute atomic E-state index is 11.1. The topological polar surface area (TPSA) is 68.7 Å². The van der Waals surface area contributed by atoms with Crippen LogP contribution in [0.3, 0.4) is 0 Å². The molecule has 2 aliphatic rings. The van der Waals surface area contributed by atoms with Crippen LogP contribution in [0.5, 0.6) is 11.6 Å². The van der Waals surface area contributed by atoms with Gasteiger partial charge in [0.05, 0.1) is 13.0 Å². The third kappa shape index (κ3) is 3.77. The Hall–Kier alpha value is -2.86. The molecule has 1 unspecified atom stereocenters. The van der Waals surface area contributed by atoms with Crippen molar-refractivity contribution < 1.29 is 19.4 Å². The van der Waals surface area contributed by atoms with E-state index in [9.17, 15) is 4.79 Å². The Morgan fingerprint density at radius 3 is 2.75 bits per heavy atom. The van der Waals surface area contributed by atoms with Crippen LogP contribution in [0.1, 0.15) is 52.7 Å². The van der Waals surface area contributed by atoms with E-state index in [-0.39, 0.29) is 18.4 Å². The SMILES string of the molecule is Cc1cc(Br)cc(C)c1-c1cccc2c1CCC2Oc1cc2c(cn1)[C@@H](CC(=O)O)CO2. The Kier molecular flexibility index (Phi) is 5.41. The smallest absolute Gasteiger partial charge is 0.304 e. The molecule has 1 aromatic heterocycles. The standard InChI is InChI=1S/C26H24BrNO4/c1-14-8-17(27)9-15(2)26(14)20-5-3-4-19-18(20)6-7-22(19)32-24-11-23-21(12-28-24)16(13-31-23)10-25(29)30/h3-5,8-9,11-12,16,22H,6-7,10,13H2,1-2H3,(H,29,30)/t16-,22?/m0/s1. The second-order valence-electron chi connectivity index (χ2n) is 8.60. The van der Waals surface area contributed by atoms with Crippen LogP contribution in [-0.2, 0) is 11.2 Å². The monoisotopic (exact) mass is 493 g/mol. The summed E-state index contributed by atoms with van der Waals surface area (Å²) in [5.41, 5.74) is 8.46. The first-order valence-corrected chi connectivity index (χ1v) is 11.6. The zero-order valence-corrected chi connectivity index (χ0v) is 19.6. The molecule has 6 heteroatoms. The summed E-state index contributed by atoms with van der Waals surface area (Å²) in [5.74, 6) is 0.200. The summed E-state index contributed by atoms with van der Waals surface area (Å²) in [5, 5.41) is 9.09. The first-order valence-electron chi connectivity index (χ1n) is 10.8. The number of carboxylic acid groups (broad SMARTS) is 1. The lowest BCUT2D eigenvalue weighted by Gasteiger charge is -2.17. The molecule has 0 amide bonds. The number of aliphatic carboxylic acids is 1. The number of hydrogen-bond donors (Lipinski definition) is 1. The van der Waals surface area contributed by atoms with Crippen LogP contribution in [-0.4, -0.2) is 22.7 Å². The summed E-state index contributed by atoms with van der Waals surface area (Å²) in [6.07, 6.45) is 3.52. The van der Waals surface area contributed by atoms with Crippen LogP contribution in [0.15, 0.2) is 47.1 Å². The molecule has 2 atom stereocenters. The molecular weight excluding hydrogens is 470 g/mol. The Bertz CT molecular complexity index is 1200. The maximum atomic E-state index is 11.1. The van der Waals surface area contributed by atoms with Crippen LogP contribution in [0.4, 0.5) is 0 Å². The van der Waals surface area contributed by atoms with Crippen LogP contribution in [0.25, 0.3) is 11.1 Å². The van der Waals surface area contributed by atoms with Gasteiger partial charge in [-0.05, 0) is 72.2 Å². The second-order valence-corrected chi connectivity index (χ2v) is 9.51. The van der Waals surface area contributed by atoms with Crippen LogP contribution in [0, 0.1) is 13.8 Å². The van der Waals surface area contributed by atoms with E-state index < -0.39 is 5.97 Å². The molecule has 2 heterocycles. The Morgan fingerprint density at radius 1 is 1.22 bits per heavy atom. The number of ether oxygens (including phenoxy) is 2. The lowest BCUT2D eigenvalue weighted by molar-refractivity contribution is -0.137. The molecule has 0 saturated carbocycles. The molecule has 2 aromatic carbocycles. The van der Waals surface area contributed by atoms with Gasteiger partial charge in [0, 0.05) is 28.2 Å². The zero-order chi connectivity index (χ0) is 22.4. The van der Waals surface area contributed by atoms with Gasteiger partial charge >= 0.3 is 5.97 Å². The summed E-state index contributed by atoms with van der Waals surface area (Å²) in [6.45, 7) is 4.68. The summed E-state index contributed by atoms with van der Waals surface area (Å²) in [7, 11) is 0. The minimum absolute atomic E-state index is 0.0442. The van der Waals surface area contributed by atoms with Crippen molar-refractivity contribution in [2.45, 2.75) is 45.1 Å². The number of benzene rings is 2. The normalized spacial score (nSPS) is 18.7. The molecule has 32 heavy (non-hydrogen) atoms. The molecule has 0 bridgehead atoms. The maximum Gasteiger partial charge on any atom is 0.304 e. The number of carboxylic acids is 1. The largest absolute Gasteiger partial charge is 0.492 e. The van der Waals surface area contributed by atoms with Gasteiger partial charge in [-0.3, -0.25) is 4.79 Å². The minimum atomic E-state index is -0.832. The van der Waals surface area contributed by atoms with E-state index in [1.165, 1.54) is 33.4 Å². The van der Waals surface area contributed by atoms with Gasteiger partial charge in [0.15, 0.2) is 0 Å². The Balaban J connectivity index is 1.42. The van der Waals surface area contributed by atoms with E-state index in [2.05, 4.69) is 65.1 Å². The molecular formula is C26H24BrNO4. The van der Waals surface area contributed by atoms with E-state index in [0.29, 0.717) is 18.2 Å². The predicted molar refractivity (Wildman–Crippen MR) is 125 cm³/mol. The number of nitrogens with zero attached hydrogens (tertiary/aromatic N) is 1. The van der Waals surface area contributed by atoms with E-state index in [1.54, 1.807) is 12.3 Å². The molecule has 3 aromatic rings. The average Bonchev–Trinajstić information content (AvgIpc) is 3.32. The highest BCUT2D eigenvalue weighted by atomic mass is 79.9. The predicted octanol–water partition coefficient (Wildman–Crippen LogP) is 6.14. The molecule has 5 rings (SSSR count). The number of hydrogen-bond acceptors (Lipinski definition) is 4. The Morgan fingerprint density at radius 2 is 2.00 bits per heavy atom. The quantitative estimate of drug-likeness (QED) is 0.461. The average molecular weight is 494 g/mol. The van der Waals surface area contributed by atoms with Crippen molar-refractivity contribution in [3.05, 3.63) is 74.9 Å². The van der Waals surface area contributed by atoms with Gasteiger partial charge in [-0.1, -0.05) is 34.1 Å². The van der Waals surface area contributed by atoms with Crippen molar-refractivity contribution in [3.8, 4) is 22.8 Å². The molecule has 1 N–H and O–H groups in total. The van der Waals surface area contributed by atoms with Crippen LogP contribution in [0.2, 0.25) is 0 Å². The fourth-order valence-electron chi connectivity index (χ4n) is 5.04. The number of fused-ring (bicyclic) bond motifs is 2. The molecule has 1 aliphatic heterocycles. The molecule has 1 aliphatic carbocycles. The number of rotatable bonds is 5. The first-order chi connectivity index (χ1) is 15.4. The second kappa shape index (κ2) is 8.24. The van der Waals surface area contributed by atoms with E-state index in [4.69, 9.17) is 14.6 Å². The van der Waals surface area contributed by atoms with Crippen molar-refractivity contribution in [1.82, 2.24) is 4.98 Å². The highest BCUT2D eigenvalue weighted by molar-refractivity contribution is 9.10. The molecule has 0 fully saturated rings. The molecule has 164 valence electrons. The van der Waals surface area contributed by atoms with Crippen molar-refractivity contribution in [1.29, 1.82) is 0 Å². The van der Waals surface area contributed by atoms with Gasteiger partial charge in [0.2, 0.25) is 5.88 Å². The van der Waals surface area contributed by atoms with Gasteiger partial charge in [-0.15, -0.1) is 0 Å². The van der Waals surface area contributed by atoms with Gasteiger partial charge in [-0.25, -0.2) is 4.98 Å². The van der Waals surface area contributed by atoms with Gasteiger partial charge < -0.3 is 14.6 Å². The van der Waals surface area contributed by atoms with Crippen molar-refractivity contribution in [3.63, 3.8) is 0 Å². The van der Waals surface area contributed by atoms with Crippen molar-refractivity contribution >= 4 is 21.9 Å². The lowest BCUT2D eigenvalue weighted by Crippen LogP contribution is -2.07. The number of aromatic nitrogens is 1. The summed E-state index contributed by atoms with van der Waals surface area (Å²) in [6, 6.07) is 12.6. The third-order valence-corrected chi connectivity index (χ3v) is 6.87. The summed E-state index contributed by atoms with van der Waals surface area (Å²) >= 11 is 3.60. The van der Waals surface area contributed by atoms with Gasteiger partial charge in [0.1, 0.15) is 11.9 Å². The van der Waals surface area contributed by atoms with Crippen molar-refractivity contribution in [2.75, 3.05) is 6.61 Å². The van der Waals surface area contributed by atoms with Crippen LogP contribution < -0.4 is 9.47 Å². The number of halogens is 1. The fourth-order valence-corrected chi connectivity index (χ4v) is 5.73. The molecule has 0 radical (unpaired) electrons. The van der Waals surface area contributed by atoms with E-state index in [0.717, 1.165) is 22.9 Å². The third-order valence-electron chi connectivity index (χ3n) is 6.42. The zero-order valence-electron chi connectivity index (χ0n) is 18.0. The molecule has 0 spiro atoms. The van der Waals surface area contributed by atoms with E-state index in [1.807, 2.05) is 0 Å². The highest BCUT2D eigenvalue weighted by Crippen LogP contribution is 2.43. The number of aryl methyl sites for hydroxylation is 2. The highest BCUT2D eigenvalue weighted by Gasteiger charge is 2.30. The summed E-state index contributed by atoms with van der Waals surface area (Å²) in [4.78, 5) is 15.5. The molecule has 5 nitrogen and oxygen atoms in total. The fraction of sp³-hybridized carbons (Fsp3) is 0.308. The van der Waals surface area contributed by atoms with E-state index >= 15 is 0 Å². The van der Waals surface area contributed by atoms with Gasteiger partial charge in [-0.2, -0.15) is 0 Å². The summed E-state index contributed by atoms with van der Waals surface area (Å²) < 4.78 is 13.1. The minimum Gasteiger partial charge on any atom is -0.492 e. The van der Waals surface area contributed by atoms with Gasteiger partial charge in [0.25, 0.3) is 0 Å². The number of pyridine rings is 1. The Labute approximate surface area is 195 Å². The first kappa shape index (κ1) is 21.0. The van der Waals surface area contributed by atoms with Crippen LogP contribution >= 0.6 is 15.9 Å².